The van der Waals surface area contributed by atoms with Crippen molar-refractivity contribution >= 4 is 17.4 Å². The molecule has 1 amide bonds. The maximum Gasteiger partial charge on any atom is 0.242 e. The summed E-state index contributed by atoms with van der Waals surface area (Å²) < 4.78 is 15.1. The van der Waals surface area contributed by atoms with Gasteiger partial charge in [0.2, 0.25) is 5.91 Å². The largest absolute Gasteiger partial charge is 0.369 e. The number of rotatable bonds is 5. The van der Waals surface area contributed by atoms with Crippen LogP contribution in [-0.4, -0.2) is 52.8 Å². The van der Waals surface area contributed by atoms with Crippen LogP contribution in [0, 0.1) is 5.82 Å². The Balaban J connectivity index is 1.32. The van der Waals surface area contributed by atoms with Gasteiger partial charge in [0, 0.05) is 37.9 Å². The summed E-state index contributed by atoms with van der Waals surface area (Å²) in [6.45, 7) is 5.21. The molecule has 1 aliphatic heterocycles. The molecule has 1 saturated carbocycles. The Labute approximate surface area is 171 Å². The summed E-state index contributed by atoms with van der Waals surface area (Å²) in [5.41, 5.74) is 1.03. The van der Waals surface area contributed by atoms with E-state index >= 15 is 0 Å². The summed E-state index contributed by atoms with van der Waals surface area (Å²) in [5, 5.41) is 7.57. The summed E-state index contributed by atoms with van der Waals surface area (Å²) in [7, 11) is 0. The third-order valence-corrected chi connectivity index (χ3v) is 6.28. The summed E-state index contributed by atoms with van der Waals surface area (Å²) >= 11 is 0. The van der Waals surface area contributed by atoms with Gasteiger partial charge in [-0.2, -0.15) is 5.10 Å². The maximum absolute atomic E-state index is 13.1. The van der Waals surface area contributed by atoms with Crippen molar-refractivity contribution in [2.75, 3.05) is 36.4 Å². The molecule has 1 aromatic carbocycles. The lowest BCUT2D eigenvalue weighted by Gasteiger charge is -2.38. The Bertz CT molecular complexity index is 807. The van der Waals surface area contributed by atoms with E-state index in [1.165, 1.54) is 31.4 Å². The molecule has 2 aromatic rings. The molecule has 156 valence electrons. The van der Waals surface area contributed by atoms with Crippen LogP contribution in [0.4, 0.5) is 15.9 Å². The molecule has 1 aromatic heterocycles. The van der Waals surface area contributed by atoms with Crippen LogP contribution in [0.25, 0.3) is 0 Å². The predicted octanol–water partition coefficient (Wildman–Crippen LogP) is 3.68. The van der Waals surface area contributed by atoms with Crippen molar-refractivity contribution in [1.82, 2.24) is 14.7 Å². The second kappa shape index (κ2) is 8.95. The van der Waals surface area contributed by atoms with Crippen LogP contribution in [0.5, 0.6) is 0 Å². The number of nitrogens with one attached hydrogen (secondary N) is 1. The van der Waals surface area contributed by atoms with Gasteiger partial charge in [-0.3, -0.25) is 9.69 Å². The first kappa shape index (κ1) is 19.9. The molecular weight excluding hydrogens is 369 g/mol. The van der Waals surface area contributed by atoms with Gasteiger partial charge in [0.25, 0.3) is 0 Å². The normalized spacial score (nSPS) is 19.9. The third-order valence-electron chi connectivity index (χ3n) is 6.28. The summed E-state index contributed by atoms with van der Waals surface area (Å²) in [4.78, 5) is 17.3. The molecule has 1 saturated heterocycles. The number of aromatic nitrogens is 2. The minimum Gasteiger partial charge on any atom is -0.369 e. The van der Waals surface area contributed by atoms with Crippen LogP contribution >= 0.6 is 0 Å². The van der Waals surface area contributed by atoms with Gasteiger partial charge in [-0.1, -0.05) is 19.3 Å². The Kier molecular flexibility index (Phi) is 6.13. The highest BCUT2D eigenvalue weighted by atomic mass is 19.1. The molecule has 2 aliphatic rings. The van der Waals surface area contributed by atoms with E-state index in [2.05, 4.69) is 20.2 Å². The number of hydrogen-bond donors (Lipinski definition) is 1. The number of anilines is 2. The highest BCUT2D eigenvalue weighted by Crippen LogP contribution is 2.30. The van der Waals surface area contributed by atoms with Gasteiger partial charge < -0.3 is 10.2 Å². The second-order valence-corrected chi connectivity index (χ2v) is 8.12. The summed E-state index contributed by atoms with van der Waals surface area (Å²) in [6, 6.07) is 8.69. The first-order valence-electron chi connectivity index (χ1n) is 10.7. The van der Waals surface area contributed by atoms with Crippen molar-refractivity contribution in [3.63, 3.8) is 0 Å². The van der Waals surface area contributed by atoms with Crippen LogP contribution in [0.3, 0.4) is 0 Å². The van der Waals surface area contributed by atoms with E-state index in [1.54, 1.807) is 6.20 Å². The van der Waals surface area contributed by atoms with Crippen molar-refractivity contribution in [2.24, 2.45) is 0 Å². The standard InChI is InChI=1S/C22H30FN5O/c1-17(26-13-15-27(16-14-26)19-9-7-18(23)8-10-19)22(29)25-21-11-12-24-28(21)20-5-3-2-4-6-20/h7-12,17,20H,2-6,13-16H2,1H3,(H,25,29). The van der Waals surface area contributed by atoms with Crippen molar-refractivity contribution in [2.45, 2.75) is 51.1 Å². The van der Waals surface area contributed by atoms with Crippen LogP contribution in [0.15, 0.2) is 36.5 Å². The fourth-order valence-electron chi connectivity index (χ4n) is 4.45. The lowest BCUT2D eigenvalue weighted by atomic mass is 9.96. The molecule has 2 heterocycles. The highest BCUT2D eigenvalue weighted by Gasteiger charge is 2.27. The minimum absolute atomic E-state index is 0.0118. The Morgan fingerprint density at radius 2 is 1.76 bits per heavy atom. The van der Waals surface area contributed by atoms with Crippen molar-refractivity contribution < 1.29 is 9.18 Å². The number of carbonyl (C=O) groups is 1. The van der Waals surface area contributed by atoms with Gasteiger partial charge in [-0.25, -0.2) is 9.07 Å². The molecule has 1 aliphatic carbocycles. The highest BCUT2D eigenvalue weighted by molar-refractivity contribution is 5.93. The Morgan fingerprint density at radius 3 is 2.45 bits per heavy atom. The molecule has 4 rings (SSSR count). The van der Waals surface area contributed by atoms with E-state index in [0.717, 1.165) is 50.5 Å². The maximum atomic E-state index is 13.1. The average Bonchev–Trinajstić information content (AvgIpc) is 3.22. The van der Waals surface area contributed by atoms with E-state index in [-0.39, 0.29) is 17.8 Å². The molecule has 0 radical (unpaired) electrons. The Hall–Kier alpha value is -2.41. The SMILES string of the molecule is CC(C(=O)Nc1ccnn1C1CCCCC1)N1CCN(c2ccc(F)cc2)CC1. The van der Waals surface area contributed by atoms with E-state index < -0.39 is 0 Å². The summed E-state index contributed by atoms with van der Waals surface area (Å²) in [5.74, 6) is 0.599. The lowest BCUT2D eigenvalue weighted by Crippen LogP contribution is -2.53. The van der Waals surface area contributed by atoms with Gasteiger partial charge in [-0.15, -0.1) is 0 Å². The van der Waals surface area contributed by atoms with E-state index in [4.69, 9.17) is 0 Å². The van der Waals surface area contributed by atoms with Crippen LogP contribution in [0.1, 0.15) is 45.1 Å². The zero-order chi connectivity index (χ0) is 20.2. The first-order valence-corrected chi connectivity index (χ1v) is 10.7. The van der Waals surface area contributed by atoms with E-state index in [1.807, 2.05) is 29.8 Å². The number of benzene rings is 1. The van der Waals surface area contributed by atoms with Crippen LogP contribution in [0.2, 0.25) is 0 Å². The number of nitrogens with zero attached hydrogens (tertiary/aromatic N) is 4. The number of hydrogen-bond acceptors (Lipinski definition) is 4. The molecule has 0 spiro atoms. The van der Waals surface area contributed by atoms with Crippen molar-refractivity contribution in [1.29, 1.82) is 0 Å². The summed E-state index contributed by atoms with van der Waals surface area (Å²) in [6.07, 6.45) is 7.78. The third kappa shape index (κ3) is 4.61. The number of carbonyl (C=O) groups excluding carboxylic acids is 1. The van der Waals surface area contributed by atoms with E-state index in [9.17, 15) is 9.18 Å². The predicted molar refractivity (Wildman–Crippen MR) is 113 cm³/mol. The minimum atomic E-state index is -0.217. The molecule has 29 heavy (non-hydrogen) atoms. The van der Waals surface area contributed by atoms with Crippen molar-refractivity contribution in [3.05, 3.63) is 42.3 Å². The molecule has 0 bridgehead atoms. The van der Waals surface area contributed by atoms with Gasteiger partial charge in [0.1, 0.15) is 11.6 Å². The van der Waals surface area contributed by atoms with Gasteiger partial charge in [0.05, 0.1) is 18.3 Å². The molecule has 6 nitrogen and oxygen atoms in total. The topological polar surface area (TPSA) is 53.4 Å². The van der Waals surface area contributed by atoms with Gasteiger partial charge in [-0.05, 0) is 44.0 Å². The number of piperazine rings is 1. The van der Waals surface area contributed by atoms with Gasteiger partial charge >= 0.3 is 0 Å². The smallest absolute Gasteiger partial charge is 0.242 e. The van der Waals surface area contributed by atoms with Gasteiger partial charge in [0.15, 0.2) is 0 Å². The molecule has 1 unspecified atom stereocenters. The monoisotopic (exact) mass is 399 g/mol. The van der Waals surface area contributed by atoms with E-state index in [0.29, 0.717) is 6.04 Å². The number of halogens is 1. The van der Waals surface area contributed by atoms with Crippen molar-refractivity contribution in [3.8, 4) is 0 Å². The molecule has 2 fully saturated rings. The molecule has 7 heteroatoms. The van der Waals surface area contributed by atoms with Crippen LogP contribution < -0.4 is 10.2 Å². The fraction of sp³-hybridized carbons (Fsp3) is 0.545. The zero-order valence-corrected chi connectivity index (χ0v) is 17.1. The zero-order valence-electron chi connectivity index (χ0n) is 17.1. The molecule has 1 N–H and O–H groups in total. The average molecular weight is 400 g/mol. The first-order chi connectivity index (χ1) is 14.1. The number of amides is 1. The Morgan fingerprint density at radius 1 is 1.07 bits per heavy atom. The molecule has 1 atom stereocenters. The lowest BCUT2D eigenvalue weighted by molar-refractivity contribution is -0.120. The fourth-order valence-corrected chi connectivity index (χ4v) is 4.45. The van der Waals surface area contributed by atoms with Crippen LogP contribution in [-0.2, 0) is 4.79 Å². The molecular formula is C22H30FN5O. The quantitative estimate of drug-likeness (QED) is 0.833. The second-order valence-electron chi connectivity index (χ2n) is 8.12.